The first-order valence-electron chi connectivity index (χ1n) is 10.2. The third-order valence-electron chi connectivity index (χ3n) is 4.79. The number of esters is 1. The fourth-order valence-electron chi connectivity index (χ4n) is 3.26. The van der Waals surface area contributed by atoms with Gasteiger partial charge in [-0.1, -0.05) is 39.2 Å². The van der Waals surface area contributed by atoms with Crippen LogP contribution in [0.3, 0.4) is 0 Å². The van der Waals surface area contributed by atoms with Crippen molar-refractivity contribution >= 4 is 23.6 Å². The van der Waals surface area contributed by atoms with Gasteiger partial charge in [0.2, 0.25) is 5.91 Å². The minimum absolute atomic E-state index is 0.0928. The molecule has 0 aliphatic heterocycles. The van der Waals surface area contributed by atoms with Gasteiger partial charge < -0.3 is 15.4 Å². The van der Waals surface area contributed by atoms with Gasteiger partial charge in [-0.15, -0.1) is 0 Å². The summed E-state index contributed by atoms with van der Waals surface area (Å²) in [6.07, 6.45) is 6.85. The second-order valence-electron chi connectivity index (χ2n) is 7.61. The fourth-order valence-corrected chi connectivity index (χ4v) is 3.26. The lowest BCUT2D eigenvalue weighted by Gasteiger charge is -2.27. The van der Waals surface area contributed by atoms with Gasteiger partial charge >= 0.3 is 5.97 Å². The summed E-state index contributed by atoms with van der Waals surface area (Å²) < 4.78 is 5.42. The first-order chi connectivity index (χ1) is 13.5. The summed E-state index contributed by atoms with van der Waals surface area (Å²) in [5.41, 5.74) is 0. The van der Waals surface area contributed by atoms with E-state index < -0.39 is 12.1 Å². The van der Waals surface area contributed by atoms with Gasteiger partial charge in [0.05, 0.1) is 0 Å². The monoisotopic (exact) mass is 389 g/mol. The molecule has 1 fully saturated rings. The molecular formula is C21H31N3O4. The van der Waals surface area contributed by atoms with Crippen LogP contribution in [-0.4, -0.2) is 34.9 Å². The quantitative estimate of drug-likeness (QED) is 0.632. The van der Waals surface area contributed by atoms with Crippen molar-refractivity contribution in [2.24, 2.45) is 5.92 Å². The summed E-state index contributed by atoms with van der Waals surface area (Å²) in [4.78, 5) is 40.6. The zero-order chi connectivity index (χ0) is 20.4. The predicted octanol–water partition coefficient (Wildman–Crippen LogP) is 3.21. The van der Waals surface area contributed by atoms with E-state index in [9.17, 15) is 14.4 Å². The summed E-state index contributed by atoms with van der Waals surface area (Å²) in [5, 5.41) is 5.69. The zero-order valence-corrected chi connectivity index (χ0v) is 16.8. The number of carbonyl (C=O) groups is 3. The number of hydrogen-bond donors (Lipinski definition) is 2. The number of carbonyl (C=O) groups excluding carboxylic acids is 3. The van der Waals surface area contributed by atoms with E-state index in [-0.39, 0.29) is 36.6 Å². The van der Waals surface area contributed by atoms with E-state index in [4.69, 9.17) is 4.74 Å². The Kier molecular flexibility index (Phi) is 8.91. The minimum atomic E-state index is -0.795. The van der Waals surface area contributed by atoms with Crippen LogP contribution in [0.1, 0.15) is 65.2 Å². The molecule has 0 spiro atoms. The molecule has 7 heteroatoms. The molecule has 1 aliphatic carbocycles. The predicted molar refractivity (Wildman–Crippen MR) is 106 cm³/mol. The largest absolute Gasteiger partial charge is 0.452 e. The summed E-state index contributed by atoms with van der Waals surface area (Å²) >= 11 is 0. The average Bonchev–Trinajstić information content (AvgIpc) is 2.67. The highest BCUT2D eigenvalue weighted by Crippen LogP contribution is 2.18. The Morgan fingerprint density at radius 3 is 2.54 bits per heavy atom. The molecule has 2 amide bonds. The molecule has 0 saturated heterocycles. The van der Waals surface area contributed by atoms with Crippen molar-refractivity contribution < 1.29 is 19.1 Å². The Labute approximate surface area is 166 Å². The van der Waals surface area contributed by atoms with Gasteiger partial charge in [0.15, 0.2) is 6.10 Å². The second kappa shape index (κ2) is 11.4. The molecule has 1 saturated carbocycles. The van der Waals surface area contributed by atoms with Crippen molar-refractivity contribution in [2.75, 3.05) is 5.32 Å². The van der Waals surface area contributed by atoms with E-state index in [0.717, 1.165) is 25.7 Å². The van der Waals surface area contributed by atoms with E-state index in [2.05, 4.69) is 15.6 Å². The number of ether oxygens (including phenoxy) is 1. The number of pyridine rings is 1. The molecule has 1 unspecified atom stereocenters. The van der Waals surface area contributed by atoms with Crippen LogP contribution in [0.4, 0.5) is 5.82 Å². The molecule has 28 heavy (non-hydrogen) atoms. The molecule has 2 rings (SSSR count). The molecule has 7 nitrogen and oxygen atoms in total. The van der Waals surface area contributed by atoms with Crippen molar-refractivity contribution in [3.8, 4) is 0 Å². The van der Waals surface area contributed by atoms with Crippen LogP contribution in [0.2, 0.25) is 0 Å². The van der Waals surface area contributed by atoms with Gasteiger partial charge in [0.25, 0.3) is 5.91 Å². The van der Waals surface area contributed by atoms with Crippen LogP contribution in [-0.2, 0) is 19.1 Å². The van der Waals surface area contributed by atoms with E-state index in [0.29, 0.717) is 12.2 Å². The molecule has 0 bridgehead atoms. The van der Waals surface area contributed by atoms with Gasteiger partial charge in [0.1, 0.15) is 5.82 Å². The summed E-state index contributed by atoms with van der Waals surface area (Å²) in [5.74, 6) is -0.512. The second-order valence-corrected chi connectivity index (χ2v) is 7.61. The molecule has 154 valence electrons. The molecule has 0 radical (unpaired) electrons. The van der Waals surface area contributed by atoms with E-state index in [1.54, 1.807) is 24.4 Å². The summed E-state index contributed by atoms with van der Waals surface area (Å²) in [6, 6.07) is 5.42. The van der Waals surface area contributed by atoms with Crippen molar-refractivity contribution in [1.82, 2.24) is 10.3 Å². The van der Waals surface area contributed by atoms with Gasteiger partial charge in [-0.25, -0.2) is 4.98 Å². The first kappa shape index (κ1) is 21.9. The third-order valence-corrected chi connectivity index (χ3v) is 4.79. The Balaban J connectivity index is 1.72. The molecule has 1 aromatic rings. The van der Waals surface area contributed by atoms with E-state index in [1.165, 1.54) is 6.42 Å². The smallest absolute Gasteiger partial charge is 0.306 e. The zero-order valence-electron chi connectivity index (χ0n) is 16.8. The maximum absolute atomic E-state index is 12.5. The Morgan fingerprint density at radius 2 is 1.89 bits per heavy atom. The van der Waals surface area contributed by atoms with Crippen molar-refractivity contribution in [3.63, 3.8) is 0 Å². The number of hydrogen-bond acceptors (Lipinski definition) is 5. The van der Waals surface area contributed by atoms with Crippen LogP contribution in [0.5, 0.6) is 0 Å². The number of nitrogens with one attached hydrogen (secondary N) is 2. The van der Waals surface area contributed by atoms with Gasteiger partial charge in [0, 0.05) is 25.1 Å². The van der Waals surface area contributed by atoms with Crippen LogP contribution in [0.15, 0.2) is 24.4 Å². The third kappa shape index (κ3) is 7.66. The van der Waals surface area contributed by atoms with Crippen LogP contribution in [0.25, 0.3) is 0 Å². The Bertz CT molecular complexity index is 642. The Hall–Kier alpha value is -2.44. The number of nitrogens with zero attached hydrogens (tertiary/aromatic N) is 1. The lowest BCUT2D eigenvalue weighted by Crippen LogP contribution is -2.46. The van der Waals surface area contributed by atoms with E-state index >= 15 is 0 Å². The highest BCUT2D eigenvalue weighted by molar-refractivity contribution is 5.90. The van der Waals surface area contributed by atoms with Crippen molar-refractivity contribution in [1.29, 1.82) is 0 Å². The Morgan fingerprint density at radius 1 is 1.14 bits per heavy atom. The molecular weight excluding hydrogens is 358 g/mol. The number of anilines is 1. The topological polar surface area (TPSA) is 97.4 Å². The minimum Gasteiger partial charge on any atom is -0.452 e. The number of rotatable bonds is 9. The van der Waals surface area contributed by atoms with Gasteiger partial charge in [-0.3, -0.25) is 14.4 Å². The number of amides is 2. The average molecular weight is 389 g/mol. The highest BCUT2D eigenvalue weighted by atomic mass is 16.5. The molecule has 2 N–H and O–H groups in total. The van der Waals surface area contributed by atoms with Crippen molar-refractivity contribution in [2.45, 2.75) is 77.4 Å². The molecule has 1 atom stereocenters. The normalized spacial score (nSPS) is 15.7. The molecule has 1 heterocycles. The SMILES string of the molecule is CC(C)C(OC(=O)CCCC(=O)Nc1ccccn1)C(=O)NC1CCCCC1. The van der Waals surface area contributed by atoms with Crippen LogP contribution >= 0.6 is 0 Å². The highest BCUT2D eigenvalue weighted by Gasteiger charge is 2.28. The maximum atomic E-state index is 12.5. The molecule has 1 aromatic heterocycles. The first-order valence-corrected chi connectivity index (χ1v) is 10.2. The van der Waals surface area contributed by atoms with Crippen LogP contribution in [0, 0.1) is 5.92 Å². The number of aromatic nitrogens is 1. The lowest BCUT2D eigenvalue weighted by molar-refractivity contribution is -0.159. The molecule has 1 aliphatic rings. The molecule has 0 aromatic carbocycles. The summed E-state index contributed by atoms with van der Waals surface area (Å²) in [7, 11) is 0. The summed E-state index contributed by atoms with van der Waals surface area (Å²) in [6.45, 7) is 3.72. The lowest BCUT2D eigenvalue weighted by atomic mass is 9.95. The van der Waals surface area contributed by atoms with Crippen molar-refractivity contribution in [3.05, 3.63) is 24.4 Å². The fraction of sp³-hybridized carbons (Fsp3) is 0.619. The van der Waals surface area contributed by atoms with Gasteiger partial charge in [-0.2, -0.15) is 0 Å². The van der Waals surface area contributed by atoms with Gasteiger partial charge in [-0.05, 0) is 37.3 Å². The van der Waals surface area contributed by atoms with E-state index in [1.807, 2.05) is 13.8 Å². The van der Waals surface area contributed by atoms with Crippen LogP contribution < -0.4 is 10.6 Å². The maximum Gasteiger partial charge on any atom is 0.306 e. The standard InChI is InChI=1S/C21H31N3O4/c1-15(2)20(21(27)23-16-9-4-3-5-10-16)28-19(26)13-8-12-18(25)24-17-11-6-7-14-22-17/h6-7,11,14-16,20H,3-5,8-10,12-13H2,1-2H3,(H,23,27)(H,22,24,25).